The number of nitrogens with zero attached hydrogens (tertiary/aromatic N) is 3. The largest absolute Gasteiger partial charge is 0.477 e. The van der Waals surface area contributed by atoms with Crippen LogP contribution in [0.5, 0.6) is 0 Å². The SMILES string of the molecule is CCN1CCN(C(=O)NC(C(=O)NC(OC(C)=O)C2=C(C(=O)O)N3C(=O)[C@H](NC=O)[C@H]3S(=O)(=O)C2)c2ccccc2)C(=O)C1=O. The van der Waals surface area contributed by atoms with Crippen LogP contribution in [-0.4, -0.2) is 119 Å². The van der Waals surface area contributed by atoms with Crippen molar-refractivity contribution in [1.82, 2.24) is 30.7 Å². The molecular weight excluding hydrogens is 620 g/mol. The Labute approximate surface area is 255 Å². The molecule has 1 aromatic rings. The number of esters is 1. The number of sulfone groups is 1. The summed E-state index contributed by atoms with van der Waals surface area (Å²) >= 11 is 0. The van der Waals surface area contributed by atoms with E-state index in [9.17, 15) is 51.9 Å². The molecule has 0 aromatic heterocycles. The molecule has 1 aromatic carbocycles. The highest BCUT2D eigenvalue weighted by atomic mass is 32.2. The van der Waals surface area contributed by atoms with E-state index in [1.54, 1.807) is 13.0 Å². The molecule has 2 saturated heterocycles. The van der Waals surface area contributed by atoms with Gasteiger partial charge in [0.25, 0.3) is 5.91 Å². The summed E-state index contributed by atoms with van der Waals surface area (Å²) in [5.41, 5.74) is -1.44. The van der Waals surface area contributed by atoms with Gasteiger partial charge in [-0.15, -0.1) is 0 Å². The standard InChI is InChI=1S/C26H28N6O12S/c1-3-30-9-10-31(23(38)22(30)37)26(41)28-16(14-7-5-4-6-8-14)19(35)29-20(44-13(2)34)15-11-45(42,43)24-17(27-12-33)21(36)32(24)18(15)25(39)40/h4-8,12,16-17,20,24H,3,9-11H2,1-2H3,(H,27,33)(H,28,41)(H,29,35)(H,39,40)/t16?,17-,20?,24+/m0/s1. The lowest BCUT2D eigenvalue weighted by Gasteiger charge is -2.49. The number of carbonyl (C=O) groups excluding carboxylic acids is 7. The summed E-state index contributed by atoms with van der Waals surface area (Å²) in [5.74, 6) is -8.24. The van der Waals surface area contributed by atoms with Crippen molar-refractivity contribution in [2.75, 3.05) is 25.4 Å². The van der Waals surface area contributed by atoms with Gasteiger partial charge < -0.3 is 30.7 Å². The fourth-order valence-corrected chi connectivity index (χ4v) is 7.18. The minimum atomic E-state index is -4.41. The molecule has 3 heterocycles. The summed E-state index contributed by atoms with van der Waals surface area (Å²) < 4.78 is 31.4. The van der Waals surface area contributed by atoms with E-state index >= 15 is 0 Å². The average Bonchev–Trinajstić information content (AvgIpc) is 2.98. The Balaban J connectivity index is 1.69. The molecule has 3 aliphatic rings. The van der Waals surface area contributed by atoms with E-state index in [1.807, 2.05) is 5.32 Å². The van der Waals surface area contributed by atoms with Gasteiger partial charge in [-0.3, -0.25) is 38.6 Å². The van der Waals surface area contributed by atoms with Gasteiger partial charge in [0, 0.05) is 32.1 Å². The Morgan fingerprint density at radius 1 is 1.07 bits per heavy atom. The van der Waals surface area contributed by atoms with Crippen molar-refractivity contribution in [3.63, 3.8) is 0 Å². The van der Waals surface area contributed by atoms with Crippen LogP contribution in [0.1, 0.15) is 25.5 Å². The molecule has 2 unspecified atom stereocenters. The van der Waals surface area contributed by atoms with Crippen molar-refractivity contribution in [3.8, 4) is 0 Å². The van der Waals surface area contributed by atoms with Gasteiger partial charge in [-0.25, -0.2) is 18.0 Å². The number of carboxylic acid groups (broad SMARTS) is 1. The van der Waals surface area contributed by atoms with E-state index in [0.717, 1.165) is 6.92 Å². The second-order valence-electron chi connectivity index (χ2n) is 9.98. The van der Waals surface area contributed by atoms with Crippen molar-refractivity contribution in [3.05, 3.63) is 47.2 Å². The molecule has 7 amide bonds. The fourth-order valence-electron chi connectivity index (χ4n) is 5.15. The number of likely N-dealkylation sites (N-methyl/N-ethyl adjacent to an activating group) is 1. The Hall–Kier alpha value is -5.33. The van der Waals surface area contributed by atoms with Gasteiger partial charge in [-0.2, -0.15) is 0 Å². The molecule has 0 bridgehead atoms. The Bertz CT molecular complexity index is 1610. The highest BCUT2D eigenvalue weighted by Crippen LogP contribution is 2.38. The van der Waals surface area contributed by atoms with Gasteiger partial charge in [0.15, 0.2) is 15.2 Å². The van der Waals surface area contributed by atoms with Crippen LogP contribution < -0.4 is 16.0 Å². The fraction of sp³-hybridized carbons (Fsp3) is 0.385. The highest BCUT2D eigenvalue weighted by molar-refractivity contribution is 7.92. The average molecular weight is 649 g/mol. The number of fused-ring (bicyclic) bond motifs is 1. The van der Waals surface area contributed by atoms with E-state index in [-0.39, 0.29) is 31.6 Å². The van der Waals surface area contributed by atoms with Crippen molar-refractivity contribution in [2.45, 2.75) is 37.5 Å². The minimum Gasteiger partial charge on any atom is -0.477 e. The van der Waals surface area contributed by atoms with Crippen LogP contribution in [0.25, 0.3) is 0 Å². The number of ether oxygens (including phenoxy) is 1. The number of imide groups is 1. The number of rotatable bonds is 10. The van der Waals surface area contributed by atoms with Crippen LogP contribution in [0.4, 0.5) is 4.79 Å². The molecule has 4 rings (SSSR count). The molecule has 18 nitrogen and oxygen atoms in total. The molecule has 0 saturated carbocycles. The number of hydrogen-bond donors (Lipinski definition) is 4. The van der Waals surface area contributed by atoms with E-state index in [2.05, 4.69) is 10.6 Å². The molecule has 2 fully saturated rings. The van der Waals surface area contributed by atoms with Crippen LogP contribution in [0.2, 0.25) is 0 Å². The zero-order valence-electron chi connectivity index (χ0n) is 23.8. The summed E-state index contributed by atoms with van der Waals surface area (Å²) in [5, 5.41) is 14.8. The first-order valence-electron chi connectivity index (χ1n) is 13.4. The number of nitrogens with one attached hydrogen (secondary N) is 3. The van der Waals surface area contributed by atoms with Crippen molar-refractivity contribution < 1.29 is 56.6 Å². The summed E-state index contributed by atoms with van der Waals surface area (Å²) in [4.78, 5) is 102. The van der Waals surface area contributed by atoms with Gasteiger partial charge >= 0.3 is 29.8 Å². The Morgan fingerprint density at radius 2 is 1.73 bits per heavy atom. The van der Waals surface area contributed by atoms with Gasteiger partial charge in [0.2, 0.25) is 18.5 Å². The van der Waals surface area contributed by atoms with Crippen LogP contribution in [-0.2, 0) is 48.1 Å². The molecular formula is C26H28N6O12S. The smallest absolute Gasteiger partial charge is 0.352 e. The quantitative estimate of drug-likeness (QED) is 0.0660. The first-order chi connectivity index (χ1) is 21.2. The monoisotopic (exact) mass is 648 g/mol. The van der Waals surface area contributed by atoms with Crippen LogP contribution >= 0.6 is 0 Å². The van der Waals surface area contributed by atoms with Gasteiger partial charge in [-0.05, 0) is 12.5 Å². The van der Waals surface area contributed by atoms with Crippen molar-refractivity contribution in [1.29, 1.82) is 0 Å². The predicted molar refractivity (Wildman–Crippen MR) is 147 cm³/mol. The number of urea groups is 1. The minimum absolute atomic E-state index is 0.0469. The maximum Gasteiger partial charge on any atom is 0.352 e. The lowest BCUT2D eigenvalue weighted by Crippen LogP contribution is -2.74. The lowest BCUT2D eigenvalue weighted by molar-refractivity contribution is -0.153. The number of benzene rings is 1. The summed E-state index contributed by atoms with van der Waals surface area (Å²) in [7, 11) is -4.41. The van der Waals surface area contributed by atoms with Crippen molar-refractivity contribution >= 4 is 57.8 Å². The predicted octanol–water partition coefficient (Wildman–Crippen LogP) is -2.82. The lowest BCUT2D eigenvalue weighted by atomic mass is 10.0. The second-order valence-corrected chi connectivity index (χ2v) is 12.1. The highest BCUT2D eigenvalue weighted by Gasteiger charge is 2.61. The number of hydrogen-bond acceptors (Lipinski definition) is 11. The molecule has 45 heavy (non-hydrogen) atoms. The summed E-state index contributed by atoms with van der Waals surface area (Å²) in [6.45, 7) is 2.65. The van der Waals surface area contributed by atoms with Gasteiger partial charge in [-0.1, -0.05) is 30.3 Å². The molecule has 19 heteroatoms. The van der Waals surface area contributed by atoms with E-state index in [0.29, 0.717) is 9.80 Å². The summed E-state index contributed by atoms with van der Waals surface area (Å²) in [6, 6.07) is 3.14. The van der Waals surface area contributed by atoms with E-state index in [4.69, 9.17) is 4.74 Å². The Morgan fingerprint density at radius 3 is 2.31 bits per heavy atom. The Kier molecular flexibility index (Phi) is 9.21. The first kappa shape index (κ1) is 32.6. The van der Waals surface area contributed by atoms with Gasteiger partial charge in [0.05, 0.1) is 5.75 Å². The van der Waals surface area contributed by atoms with Crippen LogP contribution in [0.3, 0.4) is 0 Å². The zero-order valence-corrected chi connectivity index (χ0v) is 24.6. The maximum atomic E-state index is 13.7. The number of piperazine rings is 1. The molecule has 240 valence electrons. The number of amides is 7. The third kappa shape index (κ3) is 6.19. The molecule has 0 radical (unpaired) electrons. The van der Waals surface area contributed by atoms with E-state index in [1.165, 1.54) is 29.2 Å². The number of carbonyl (C=O) groups is 8. The molecule has 4 N–H and O–H groups in total. The first-order valence-corrected chi connectivity index (χ1v) is 15.1. The third-order valence-corrected chi connectivity index (χ3v) is 9.17. The molecule has 4 atom stereocenters. The van der Waals surface area contributed by atoms with E-state index < -0.39 is 92.1 Å². The normalized spacial score (nSPS) is 22.0. The zero-order chi connectivity index (χ0) is 33.2. The molecule has 0 aliphatic carbocycles. The summed E-state index contributed by atoms with van der Waals surface area (Å²) in [6.07, 6.45) is -1.98. The number of carboxylic acids is 1. The molecule has 0 spiro atoms. The number of aliphatic carboxylic acids is 1. The van der Waals surface area contributed by atoms with Crippen LogP contribution in [0, 0.1) is 0 Å². The second kappa shape index (κ2) is 12.7. The number of β-lactam (4-membered cyclic amide) rings is 1. The van der Waals surface area contributed by atoms with Gasteiger partial charge in [0.1, 0.15) is 17.8 Å². The topological polar surface area (TPSA) is 246 Å². The van der Waals surface area contributed by atoms with Crippen LogP contribution in [0.15, 0.2) is 41.6 Å². The third-order valence-electron chi connectivity index (χ3n) is 7.24. The maximum absolute atomic E-state index is 13.7. The van der Waals surface area contributed by atoms with Crippen molar-refractivity contribution in [2.24, 2.45) is 0 Å². The molecule has 3 aliphatic heterocycles.